The van der Waals surface area contributed by atoms with E-state index in [4.69, 9.17) is 4.74 Å². The second-order valence-corrected chi connectivity index (χ2v) is 9.86. The highest BCUT2D eigenvalue weighted by atomic mass is 16.5. The van der Waals surface area contributed by atoms with E-state index in [2.05, 4.69) is 16.9 Å². The molecule has 0 aliphatic heterocycles. The maximum Gasteiger partial charge on any atom is 0.217 e. The number of hydrogen-bond donors (Lipinski definition) is 2. The van der Waals surface area contributed by atoms with Crippen LogP contribution in [0.25, 0.3) is 11.1 Å². The molecule has 9 heteroatoms. The summed E-state index contributed by atoms with van der Waals surface area (Å²) in [5, 5.41) is 43.8. The van der Waals surface area contributed by atoms with E-state index in [1.807, 2.05) is 60.7 Å². The van der Waals surface area contributed by atoms with Gasteiger partial charge in [-0.05, 0) is 35.7 Å². The van der Waals surface area contributed by atoms with Crippen molar-refractivity contribution in [3.8, 4) is 18.0 Å². The third-order valence-electron chi connectivity index (χ3n) is 7.68. The van der Waals surface area contributed by atoms with Crippen LogP contribution in [0, 0.1) is 29.6 Å². The molecule has 0 fully saturated rings. The fourth-order valence-electron chi connectivity index (χ4n) is 5.61. The molecule has 40 heavy (non-hydrogen) atoms. The number of allylic oxidation sites excluding steroid dienone is 6. The number of carbonyl (C=O) groups is 1. The van der Waals surface area contributed by atoms with Crippen LogP contribution in [0.3, 0.4) is 0 Å². The molecule has 5 rings (SSSR count). The van der Waals surface area contributed by atoms with Crippen LogP contribution >= 0.6 is 0 Å². The number of ketones is 1. The number of aliphatic hydroxyl groups is 1. The molecule has 202 valence electrons. The Kier molecular flexibility index (Phi) is 7.27. The number of benzene rings is 1. The maximum absolute atomic E-state index is 13.0. The van der Waals surface area contributed by atoms with Gasteiger partial charge in [-0.15, -0.1) is 0 Å². The predicted octanol–water partition coefficient (Wildman–Crippen LogP) is 4.36. The van der Waals surface area contributed by atoms with Crippen LogP contribution in [0.1, 0.15) is 41.8 Å². The van der Waals surface area contributed by atoms with Crippen molar-refractivity contribution in [1.82, 2.24) is 14.7 Å². The van der Waals surface area contributed by atoms with Gasteiger partial charge in [0.25, 0.3) is 0 Å². The summed E-state index contributed by atoms with van der Waals surface area (Å²) in [7, 11) is 1.57. The van der Waals surface area contributed by atoms with Crippen molar-refractivity contribution in [3.63, 3.8) is 0 Å². The number of ether oxygens (including phenoxy) is 1. The minimum atomic E-state index is -0.325. The summed E-state index contributed by atoms with van der Waals surface area (Å²) >= 11 is 0. The first-order valence-electron chi connectivity index (χ1n) is 13.1. The average molecular weight is 536 g/mol. The number of hydrogen-bond acceptors (Lipinski definition) is 8. The van der Waals surface area contributed by atoms with E-state index in [0.717, 1.165) is 23.2 Å². The highest BCUT2D eigenvalue weighted by Gasteiger charge is 2.40. The Balaban J connectivity index is 1.25. The average Bonchev–Trinajstić information content (AvgIpc) is 3.44. The van der Waals surface area contributed by atoms with Gasteiger partial charge in [-0.2, -0.15) is 15.6 Å². The van der Waals surface area contributed by atoms with E-state index in [1.165, 1.54) is 4.68 Å². The fraction of sp³-hybridized carbons (Fsp3) is 0.290. The predicted molar refractivity (Wildman–Crippen MR) is 148 cm³/mol. The number of aliphatic hydroxyl groups excluding tert-OH is 1. The lowest BCUT2D eigenvalue weighted by molar-refractivity contribution is -0.111. The molecule has 3 aliphatic carbocycles. The second-order valence-electron chi connectivity index (χ2n) is 9.86. The quantitative estimate of drug-likeness (QED) is 0.394. The maximum atomic E-state index is 13.0. The number of aromatic nitrogens is 2. The van der Waals surface area contributed by atoms with Gasteiger partial charge in [0.2, 0.25) is 11.7 Å². The van der Waals surface area contributed by atoms with Crippen LogP contribution < -0.4 is 0 Å². The van der Waals surface area contributed by atoms with Gasteiger partial charge in [0.05, 0.1) is 35.1 Å². The minimum absolute atomic E-state index is 0.0153. The molecule has 3 aliphatic rings. The minimum Gasteiger partial charge on any atom is -0.506 e. The standard InChI is InChI=1S/C31H29N5O4/c1-4-36(13-14-40-25-15-24(20(16-32)17-33)22-7-5-6-8-23(22)25)21-11-9-19(10-12-21)27-29(37)28(30(27)38)26-18(2)34-35(3)31(26)39/h5-12,21,25,37,39H,4,13-15H2,1-3H3. The van der Waals surface area contributed by atoms with Gasteiger partial charge >= 0.3 is 0 Å². The van der Waals surface area contributed by atoms with E-state index in [-0.39, 0.29) is 51.9 Å². The lowest BCUT2D eigenvalue weighted by Gasteiger charge is -2.29. The summed E-state index contributed by atoms with van der Waals surface area (Å²) in [6, 6.07) is 11.7. The zero-order chi connectivity index (χ0) is 28.6. The normalized spacial score (nSPS) is 19.6. The molecule has 1 heterocycles. The SMILES string of the molecule is CCN(CCOC1CC(=C(C#N)C#N)c2ccccc21)C1C=CC(=C2C(=O)C(c3c(C)nn(C)c3O)=C2O)C=C1. The second kappa shape index (κ2) is 10.8. The summed E-state index contributed by atoms with van der Waals surface area (Å²) < 4.78 is 7.52. The highest BCUT2D eigenvalue weighted by molar-refractivity contribution is 6.40. The van der Waals surface area contributed by atoms with Crippen LogP contribution in [-0.2, 0) is 16.6 Å². The number of nitrogens with zero attached hydrogens (tertiary/aromatic N) is 5. The van der Waals surface area contributed by atoms with Crippen molar-refractivity contribution in [1.29, 1.82) is 10.5 Å². The number of rotatable bonds is 7. The number of aromatic hydroxyl groups is 1. The van der Waals surface area contributed by atoms with Crippen LogP contribution in [-0.4, -0.2) is 56.4 Å². The van der Waals surface area contributed by atoms with Gasteiger partial charge in [0.15, 0.2) is 0 Å². The lowest BCUT2D eigenvalue weighted by atomic mass is 9.80. The number of carbonyl (C=O) groups excluding carboxylic acids is 1. The molecule has 0 saturated carbocycles. The topological polar surface area (TPSA) is 135 Å². The van der Waals surface area contributed by atoms with Gasteiger partial charge in [-0.3, -0.25) is 9.69 Å². The van der Waals surface area contributed by atoms with Crippen molar-refractivity contribution in [3.05, 3.63) is 93.4 Å². The van der Waals surface area contributed by atoms with Crippen LogP contribution in [0.4, 0.5) is 0 Å². The third-order valence-corrected chi connectivity index (χ3v) is 7.68. The number of aryl methyl sites for hydroxylation is 2. The van der Waals surface area contributed by atoms with Gasteiger partial charge < -0.3 is 14.9 Å². The zero-order valence-electron chi connectivity index (χ0n) is 22.5. The van der Waals surface area contributed by atoms with E-state index >= 15 is 0 Å². The summed E-state index contributed by atoms with van der Waals surface area (Å²) in [6.07, 6.45) is 7.90. The summed E-state index contributed by atoms with van der Waals surface area (Å²) in [4.78, 5) is 15.2. The first kappa shape index (κ1) is 26.9. The molecule has 2 aromatic rings. The Morgan fingerprint density at radius 1 is 1.18 bits per heavy atom. The molecular formula is C31H29N5O4. The number of nitriles is 2. The lowest BCUT2D eigenvalue weighted by Crippen LogP contribution is -2.36. The van der Waals surface area contributed by atoms with Gasteiger partial charge in [-0.25, -0.2) is 4.68 Å². The van der Waals surface area contributed by atoms with Gasteiger partial charge in [0.1, 0.15) is 23.5 Å². The van der Waals surface area contributed by atoms with Crippen LogP contribution in [0.5, 0.6) is 5.88 Å². The first-order valence-corrected chi connectivity index (χ1v) is 13.1. The van der Waals surface area contributed by atoms with Crippen molar-refractivity contribution in [2.24, 2.45) is 7.05 Å². The van der Waals surface area contributed by atoms with Crippen molar-refractivity contribution in [2.75, 3.05) is 19.7 Å². The molecule has 0 bridgehead atoms. The molecule has 1 aromatic heterocycles. The summed E-state index contributed by atoms with van der Waals surface area (Å²) in [5.41, 5.74) is 4.41. The number of Topliss-reactive ketones (excluding diaryl/α,β-unsaturated/α-hetero) is 1. The molecule has 0 radical (unpaired) electrons. The van der Waals surface area contributed by atoms with Crippen LogP contribution in [0.2, 0.25) is 0 Å². The molecule has 2 N–H and O–H groups in total. The Morgan fingerprint density at radius 2 is 1.88 bits per heavy atom. The molecule has 1 atom stereocenters. The summed E-state index contributed by atoms with van der Waals surface area (Å²) in [5.74, 6) is -0.620. The van der Waals surface area contributed by atoms with Gasteiger partial charge in [-0.1, -0.05) is 55.5 Å². The number of fused-ring (bicyclic) bond motifs is 1. The van der Waals surface area contributed by atoms with Crippen molar-refractivity contribution < 1.29 is 19.7 Å². The van der Waals surface area contributed by atoms with E-state index in [1.54, 1.807) is 14.0 Å². The Bertz CT molecular complexity index is 1610. The largest absolute Gasteiger partial charge is 0.506 e. The van der Waals surface area contributed by atoms with Crippen molar-refractivity contribution in [2.45, 2.75) is 32.4 Å². The van der Waals surface area contributed by atoms with E-state index in [0.29, 0.717) is 30.8 Å². The van der Waals surface area contributed by atoms with Gasteiger partial charge in [0, 0.05) is 26.1 Å². The Hall–Kier alpha value is -4.70. The molecule has 0 saturated heterocycles. The van der Waals surface area contributed by atoms with Crippen molar-refractivity contribution >= 4 is 16.9 Å². The van der Waals surface area contributed by atoms with E-state index < -0.39 is 0 Å². The molecule has 9 nitrogen and oxygen atoms in total. The Labute approximate surface area is 232 Å². The fourth-order valence-corrected chi connectivity index (χ4v) is 5.61. The number of likely N-dealkylation sites (N-methyl/N-ethyl adjacent to an activating group) is 1. The molecule has 0 amide bonds. The smallest absolute Gasteiger partial charge is 0.217 e. The monoisotopic (exact) mass is 535 g/mol. The third kappa shape index (κ3) is 4.46. The zero-order valence-corrected chi connectivity index (χ0v) is 22.5. The molecule has 1 aromatic carbocycles. The molecule has 1 unspecified atom stereocenters. The summed E-state index contributed by atoms with van der Waals surface area (Å²) in [6.45, 7) is 5.61. The van der Waals surface area contributed by atoms with E-state index in [9.17, 15) is 25.5 Å². The highest BCUT2D eigenvalue weighted by Crippen LogP contribution is 2.44. The van der Waals surface area contributed by atoms with Crippen LogP contribution in [0.15, 0.2) is 71.0 Å². The molecular weight excluding hydrogens is 506 g/mol. The first-order chi connectivity index (χ1) is 19.3. The Morgan fingerprint density at radius 3 is 2.48 bits per heavy atom. The molecule has 0 spiro atoms.